The van der Waals surface area contributed by atoms with Crippen molar-refractivity contribution in [3.05, 3.63) is 182 Å². The van der Waals surface area contributed by atoms with Gasteiger partial charge in [0.05, 0.1) is 44.5 Å². The summed E-state index contributed by atoms with van der Waals surface area (Å²) in [5, 5.41) is 7.49. The smallest absolute Gasteiger partial charge is 0.0973 e. The summed E-state index contributed by atoms with van der Waals surface area (Å²) in [7, 11) is 0. The van der Waals surface area contributed by atoms with Crippen LogP contribution in [-0.2, 0) is 0 Å². The minimum absolute atomic E-state index is 0.867. The Morgan fingerprint density at radius 3 is 1.73 bits per heavy atom. The van der Waals surface area contributed by atoms with E-state index >= 15 is 0 Å². The molecule has 0 saturated carbocycles. The topological polar surface area (TPSA) is 35.6 Å². The molecule has 3 aromatic heterocycles. The van der Waals surface area contributed by atoms with E-state index in [0.29, 0.717) is 0 Å². The first-order valence-electron chi connectivity index (χ1n) is 17.7. The second-order valence-corrected chi connectivity index (χ2v) is 13.4. The number of para-hydroxylation sites is 4. The summed E-state index contributed by atoms with van der Waals surface area (Å²) in [5.74, 6) is 0. The molecule has 11 rings (SSSR count). The van der Waals surface area contributed by atoms with Crippen LogP contribution in [0.3, 0.4) is 0 Å². The summed E-state index contributed by atoms with van der Waals surface area (Å²) in [4.78, 5) is 10.4. The maximum absolute atomic E-state index is 5.23. The standard InChI is InChI=1S/C48H30N4/c1-3-15-32(16-4-1)47-48(50-41-24-11-10-23-40(41)49-47)33-17-13-20-35(28-33)52-42-25-12-9-22-37(42)38-29-39-45(30-44(38)52)51(34-18-5-2-6-19-34)43-27-26-31-14-7-8-21-36(31)46(39)43/h1-30H. The quantitative estimate of drug-likeness (QED) is 0.188. The lowest BCUT2D eigenvalue weighted by atomic mass is 10.0. The Hall–Kier alpha value is -7.04. The number of hydrogen-bond donors (Lipinski definition) is 0. The first-order valence-corrected chi connectivity index (χ1v) is 17.7. The lowest BCUT2D eigenvalue weighted by Gasteiger charge is -2.13. The summed E-state index contributed by atoms with van der Waals surface area (Å²) in [6, 6.07) is 64.8. The largest absolute Gasteiger partial charge is 0.309 e. The Kier molecular flexibility index (Phi) is 6.22. The molecule has 0 aliphatic rings. The summed E-state index contributed by atoms with van der Waals surface area (Å²) < 4.78 is 4.83. The number of aromatic nitrogens is 4. The van der Waals surface area contributed by atoms with Gasteiger partial charge in [0.15, 0.2) is 0 Å². The normalized spacial score (nSPS) is 11.8. The van der Waals surface area contributed by atoms with Gasteiger partial charge in [0.2, 0.25) is 0 Å². The number of hydrogen-bond acceptors (Lipinski definition) is 2. The van der Waals surface area contributed by atoms with Gasteiger partial charge in [-0.2, -0.15) is 0 Å². The van der Waals surface area contributed by atoms with Crippen LogP contribution in [-0.4, -0.2) is 19.1 Å². The van der Waals surface area contributed by atoms with E-state index in [1.165, 1.54) is 43.4 Å². The van der Waals surface area contributed by atoms with Gasteiger partial charge in [-0.3, -0.25) is 0 Å². The van der Waals surface area contributed by atoms with Crippen LogP contribution in [0.15, 0.2) is 182 Å². The van der Waals surface area contributed by atoms with E-state index < -0.39 is 0 Å². The fourth-order valence-electron chi connectivity index (χ4n) is 8.17. The van der Waals surface area contributed by atoms with Gasteiger partial charge in [-0.15, -0.1) is 0 Å². The minimum Gasteiger partial charge on any atom is -0.309 e. The Labute approximate surface area is 299 Å². The van der Waals surface area contributed by atoms with E-state index in [2.05, 4.69) is 161 Å². The average molecular weight is 663 g/mol. The fraction of sp³-hybridized carbons (Fsp3) is 0. The van der Waals surface area contributed by atoms with Gasteiger partial charge in [-0.1, -0.05) is 121 Å². The first kappa shape index (κ1) is 28.8. The molecule has 0 spiro atoms. The van der Waals surface area contributed by atoms with Gasteiger partial charge in [0, 0.05) is 44.0 Å². The zero-order chi connectivity index (χ0) is 34.2. The Morgan fingerprint density at radius 1 is 0.327 bits per heavy atom. The van der Waals surface area contributed by atoms with Crippen molar-refractivity contribution in [3.8, 4) is 33.9 Å². The highest BCUT2D eigenvalue weighted by atomic mass is 15.0. The molecule has 11 aromatic rings. The van der Waals surface area contributed by atoms with Crippen LogP contribution in [0.4, 0.5) is 0 Å². The molecule has 0 saturated heterocycles. The molecule has 4 nitrogen and oxygen atoms in total. The number of benzene rings is 8. The second-order valence-electron chi connectivity index (χ2n) is 13.4. The predicted octanol–water partition coefficient (Wildman–Crippen LogP) is 12.3. The fourth-order valence-corrected chi connectivity index (χ4v) is 8.17. The van der Waals surface area contributed by atoms with E-state index in [0.717, 1.165) is 56.0 Å². The van der Waals surface area contributed by atoms with Gasteiger partial charge in [-0.25, -0.2) is 9.97 Å². The molecule has 0 unspecified atom stereocenters. The van der Waals surface area contributed by atoms with Crippen molar-refractivity contribution in [3.63, 3.8) is 0 Å². The van der Waals surface area contributed by atoms with E-state index in [-0.39, 0.29) is 0 Å². The van der Waals surface area contributed by atoms with E-state index in [9.17, 15) is 0 Å². The van der Waals surface area contributed by atoms with Crippen molar-refractivity contribution in [2.24, 2.45) is 0 Å². The number of rotatable bonds is 4. The van der Waals surface area contributed by atoms with E-state index in [1.54, 1.807) is 0 Å². The van der Waals surface area contributed by atoms with Gasteiger partial charge in [0.1, 0.15) is 0 Å². The summed E-state index contributed by atoms with van der Waals surface area (Å²) >= 11 is 0. The monoisotopic (exact) mass is 662 g/mol. The molecular weight excluding hydrogens is 633 g/mol. The van der Waals surface area contributed by atoms with E-state index in [4.69, 9.17) is 9.97 Å². The molecule has 0 aliphatic carbocycles. The summed E-state index contributed by atoms with van der Waals surface area (Å²) in [5.41, 5.74) is 12.5. The molecule has 242 valence electrons. The molecule has 0 radical (unpaired) electrons. The molecule has 0 bridgehead atoms. The molecule has 4 heteroatoms. The molecule has 3 heterocycles. The van der Waals surface area contributed by atoms with Crippen LogP contribution in [0, 0.1) is 0 Å². The van der Waals surface area contributed by atoms with Crippen molar-refractivity contribution in [2.45, 2.75) is 0 Å². The molecule has 0 amide bonds. The molecule has 8 aromatic carbocycles. The summed E-state index contributed by atoms with van der Waals surface area (Å²) in [6.07, 6.45) is 0. The molecule has 52 heavy (non-hydrogen) atoms. The Bertz CT molecular complexity index is 3170. The average Bonchev–Trinajstić information content (AvgIpc) is 3.72. The van der Waals surface area contributed by atoms with Gasteiger partial charge >= 0.3 is 0 Å². The maximum Gasteiger partial charge on any atom is 0.0973 e. The SMILES string of the molecule is c1ccc(-c2nc3ccccc3nc2-c2cccc(-n3c4ccccc4c4cc5c6c7ccccc7ccc6n(-c6ccccc6)c5cc43)c2)cc1. The van der Waals surface area contributed by atoms with Crippen LogP contribution < -0.4 is 0 Å². The Morgan fingerprint density at radius 2 is 0.923 bits per heavy atom. The van der Waals surface area contributed by atoms with Crippen LogP contribution in [0.5, 0.6) is 0 Å². The zero-order valence-electron chi connectivity index (χ0n) is 28.1. The lowest BCUT2D eigenvalue weighted by Crippen LogP contribution is -1.98. The molecule has 0 atom stereocenters. The highest BCUT2D eigenvalue weighted by Gasteiger charge is 2.21. The third-order valence-electron chi connectivity index (χ3n) is 10.5. The first-order chi connectivity index (χ1) is 25.8. The second kappa shape index (κ2) is 11.2. The number of fused-ring (bicyclic) bond motifs is 9. The van der Waals surface area contributed by atoms with Crippen molar-refractivity contribution < 1.29 is 0 Å². The molecular formula is C48H30N4. The predicted molar refractivity (Wildman–Crippen MR) is 217 cm³/mol. The van der Waals surface area contributed by atoms with Gasteiger partial charge in [-0.05, 0) is 71.4 Å². The zero-order valence-corrected chi connectivity index (χ0v) is 28.1. The third-order valence-corrected chi connectivity index (χ3v) is 10.5. The maximum atomic E-state index is 5.23. The van der Waals surface area contributed by atoms with Gasteiger partial charge < -0.3 is 9.13 Å². The summed E-state index contributed by atoms with van der Waals surface area (Å²) in [6.45, 7) is 0. The van der Waals surface area contributed by atoms with Crippen LogP contribution >= 0.6 is 0 Å². The number of nitrogens with zero attached hydrogens (tertiary/aromatic N) is 4. The van der Waals surface area contributed by atoms with E-state index in [1.807, 2.05) is 30.3 Å². The van der Waals surface area contributed by atoms with Crippen molar-refractivity contribution in [1.29, 1.82) is 0 Å². The minimum atomic E-state index is 0.867. The van der Waals surface area contributed by atoms with Crippen LogP contribution in [0.1, 0.15) is 0 Å². The van der Waals surface area contributed by atoms with Crippen LogP contribution in [0.25, 0.3) is 99.3 Å². The highest BCUT2D eigenvalue weighted by Crippen LogP contribution is 2.42. The van der Waals surface area contributed by atoms with Crippen molar-refractivity contribution >= 4 is 65.4 Å². The van der Waals surface area contributed by atoms with Crippen molar-refractivity contribution in [2.75, 3.05) is 0 Å². The highest BCUT2D eigenvalue weighted by molar-refractivity contribution is 6.25. The van der Waals surface area contributed by atoms with Crippen LogP contribution in [0.2, 0.25) is 0 Å². The molecule has 0 N–H and O–H groups in total. The van der Waals surface area contributed by atoms with Gasteiger partial charge in [0.25, 0.3) is 0 Å². The van der Waals surface area contributed by atoms with Crippen molar-refractivity contribution in [1.82, 2.24) is 19.1 Å². The lowest BCUT2D eigenvalue weighted by molar-refractivity contribution is 1.16. The Balaban J connectivity index is 1.22. The third kappa shape index (κ3) is 4.28. The molecule has 0 fully saturated rings. The molecule has 0 aliphatic heterocycles.